The minimum absolute atomic E-state index is 0.0621. The van der Waals surface area contributed by atoms with Gasteiger partial charge < -0.3 is 0 Å². The molecule has 0 radical (unpaired) electrons. The van der Waals surface area contributed by atoms with Crippen LogP contribution in [0.25, 0.3) is 0 Å². The zero-order valence-electron chi connectivity index (χ0n) is 16.8. The highest BCUT2D eigenvalue weighted by atomic mass is 16.2. The number of benzene rings is 1. The molecule has 5 nitrogen and oxygen atoms in total. The van der Waals surface area contributed by atoms with Crippen molar-refractivity contribution < 1.29 is 4.79 Å². The van der Waals surface area contributed by atoms with E-state index in [1.807, 2.05) is 35.2 Å². The maximum atomic E-state index is 13.6. The number of nitrogens with zero attached hydrogens (tertiary/aromatic N) is 4. The number of carbonyl (C=O) groups is 1. The van der Waals surface area contributed by atoms with E-state index in [2.05, 4.69) is 11.6 Å². The van der Waals surface area contributed by atoms with Gasteiger partial charge in [0.1, 0.15) is 0 Å². The van der Waals surface area contributed by atoms with E-state index in [4.69, 9.17) is 10.1 Å². The van der Waals surface area contributed by atoms with Crippen LogP contribution in [0.1, 0.15) is 80.9 Å². The van der Waals surface area contributed by atoms with Crippen LogP contribution in [0.4, 0.5) is 5.95 Å². The number of hydrogen-bond donors (Lipinski definition) is 0. The highest BCUT2D eigenvalue weighted by Crippen LogP contribution is 2.52. The number of aromatic nitrogens is 3. The molecule has 2 atom stereocenters. The molecule has 2 aromatic rings. The molecule has 2 unspecified atom stereocenters. The van der Waals surface area contributed by atoms with Crippen LogP contribution in [0.5, 0.6) is 0 Å². The molecule has 0 N–H and O–H groups in total. The van der Waals surface area contributed by atoms with Gasteiger partial charge in [0.15, 0.2) is 5.82 Å². The third kappa shape index (κ3) is 2.62. The molecule has 1 aliphatic heterocycles. The van der Waals surface area contributed by atoms with Gasteiger partial charge in [-0.25, -0.2) is 4.68 Å². The summed E-state index contributed by atoms with van der Waals surface area (Å²) in [4.78, 5) is 20.5. The van der Waals surface area contributed by atoms with Crippen LogP contribution in [-0.2, 0) is 12.0 Å². The Labute approximate surface area is 167 Å². The first-order valence-electron chi connectivity index (χ1n) is 11.1. The van der Waals surface area contributed by atoms with Crippen molar-refractivity contribution in [3.63, 3.8) is 0 Å². The summed E-state index contributed by atoms with van der Waals surface area (Å²) in [5.74, 6) is 2.24. The van der Waals surface area contributed by atoms with E-state index in [1.54, 1.807) is 0 Å². The van der Waals surface area contributed by atoms with E-state index in [9.17, 15) is 4.79 Å². The largest absolute Gasteiger partial charge is 0.273 e. The molecule has 2 heterocycles. The Kier molecular flexibility index (Phi) is 4.48. The Bertz CT molecular complexity index is 853. The molecule has 1 aromatic heterocycles. The monoisotopic (exact) mass is 378 g/mol. The maximum absolute atomic E-state index is 13.6. The van der Waals surface area contributed by atoms with Crippen LogP contribution >= 0.6 is 0 Å². The van der Waals surface area contributed by atoms with Crippen molar-refractivity contribution in [2.24, 2.45) is 5.92 Å². The molecule has 28 heavy (non-hydrogen) atoms. The van der Waals surface area contributed by atoms with Crippen molar-refractivity contribution in [3.8, 4) is 0 Å². The standard InChI is InChI=1S/C23H30N4O/c1-2-20-24-22-26(21(28)17-11-5-3-6-12-17)19-14-8-7-13-18(19)23(27(22)25-20)15-9-4-10-16-23/h3,5-6,11-12,18-19H,2,4,7-10,13-16H2,1H3. The summed E-state index contributed by atoms with van der Waals surface area (Å²) >= 11 is 0. The molecule has 0 bridgehead atoms. The highest BCUT2D eigenvalue weighted by molar-refractivity contribution is 6.05. The van der Waals surface area contributed by atoms with Gasteiger partial charge in [-0.05, 0) is 37.8 Å². The predicted octanol–water partition coefficient (Wildman–Crippen LogP) is 4.72. The van der Waals surface area contributed by atoms with E-state index in [-0.39, 0.29) is 17.5 Å². The van der Waals surface area contributed by atoms with Crippen molar-refractivity contribution in [2.75, 3.05) is 4.90 Å². The van der Waals surface area contributed by atoms with Gasteiger partial charge in [0.2, 0.25) is 5.95 Å². The summed E-state index contributed by atoms with van der Waals surface area (Å²) < 4.78 is 2.21. The first-order chi connectivity index (χ1) is 13.7. The van der Waals surface area contributed by atoms with Gasteiger partial charge in [-0.2, -0.15) is 10.1 Å². The molecule has 5 rings (SSSR count). The van der Waals surface area contributed by atoms with E-state index >= 15 is 0 Å². The van der Waals surface area contributed by atoms with Crippen LogP contribution in [-0.4, -0.2) is 26.7 Å². The summed E-state index contributed by atoms with van der Waals surface area (Å²) in [6.45, 7) is 2.10. The Balaban J connectivity index is 1.67. The lowest BCUT2D eigenvalue weighted by Gasteiger charge is -2.55. The number of anilines is 1. The molecule has 148 valence electrons. The van der Waals surface area contributed by atoms with Crippen LogP contribution in [0.3, 0.4) is 0 Å². The summed E-state index contributed by atoms with van der Waals surface area (Å²) in [6.07, 6.45) is 11.7. The van der Waals surface area contributed by atoms with Gasteiger partial charge in [0.25, 0.3) is 5.91 Å². The Morgan fingerprint density at radius 2 is 1.82 bits per heavy atom. The number of rotatable bonds is 2. The van der Waals surface area contributed by atoms with Crippen molar-refractivity contribution in [2.45, 2.75) is 82.7 Å². The number of amides is 1. The Morgan fingerprint density at radius 3 is 2.57 bits per heavy atom. The van der Waals surface area contributed by atoms with Gasteiger partial charge in [-0.15, -0.1) is 0 Å². The molecular formula is C23H30N4O. The number of fused-ring (bicyclic) bond motifs is 4. The number of aryl methyl sites for hydroxylation is 1. The molecule has 1 aromatic carbocycles. The molecule has 2 aliphatic carbocycles. The zero-order valence-corrected chi connectivity index (χ0v) is 16.8. The maximum Gasteiger partial charge on any atom is 0.260 e. The van der Waals surface area contributed by atoms with Gasteiger partial charge in [0, 0.05) is 23.9 Å². The van der Waals surface area contributed by atoms with Gasteiger partial charge >= 0.3 is 0 Å². The van der Waals surface area contributed by atoms with Crippen molar-refractivity contribution in [3.05, 3.63) is 41.7 Å². The molecule has 1 amide bonds. The smallest absolute Gasteiger partial charge is 0.260 e. The minimum Gasteiger partial charge on any atom is -0.273 e. The van der Waals surface area contributed by atoms with Gasteiger partial charge in [-0.1, -0.05) is 57.2 Å². The van der Waals surface area contributed by atoms with Crippen molar-refractivity contribution in [1.29, 1.82) is 0 Å². The Morgan fingerprint density at radius 1 is 1.07 bits per heavy atom. The van der Waals surface area contributed by atoms with Gasteiger partial charge in [0.05, 0.1) is 5.54 Å². The predicted molar refractivity (Wildman–Crippen MR) is 109 cm³/mol. The summed E-state index contributed by atoms with van der Waals surface area (Å²) in [5.41, 5.74) is 0.811. The van der Waals surface area contributed by atoms with Crippen LogP contribution < -0.4 is 4.90 Å². The first kappa shape index (κ1) is 17.9. The Hall–Kier alpha value is -2.17. The fourth-order valence-electron chi connectivity index (χ4n) is 6.01. The highest BCUT2D eigenvalue weighted by Gasteiger charge is 2.55. The van der Waals surface area contributed by atoms with Crippen LogP contribution in [0, 0.1) is 5.92 Å². The fraction of sp³-hybridized carbons (Fsp3) is 0.609. The molecule has 2 saturated carbocycles. The van der Waals surface area contributed by atoms with Crippen molar-refractivity contribution in [1.82, 2.24) is 14.8 Å². The summed E-state index contributed by atoms with van der Waals surface area (Å²) in [6, 6.07) is 9.95. The lowest BCUT2D eigenvalue weighted by Crippen LogP contribution is -2.61. The second-order valence-corrected chi connectivity index (χ2v) is 8.76. The third-order valence-electron chi connectivity index (χ3n) is 7.30. The van der Waals surface area contributed by atoms with E-state index < -0.39 is 0 Å². The molecule has 2 fully saturated rings. The average molecular weight is 379 g/mol. The molecule has 3 aliphatic rings. The second kappa shape index (κ2) is 7.02. The van der Waals surface area contributed by atoms with E-state index in [1.165, 1.54) is 51.4 Å². The van der Waals surface area contributed by atoms with E-state index in [0.29, 0.717) is 5.92 Å². The van der Waals surface area contributed by atoms with Crippen LogP contribution in [0.15, 0.2) is 30.3 Å². The third-order valence-corrected chi connectivity index (χ3v) is 7.30. The molecular weight excluding hydrogens is 348 g/mol. The van der Waals surface area contributed by atoms with Gasteiger partial charge in [-0.3, -0.25) is 9.69 Å². The molecule has 1 spiro atoms. The summed E-state index contributed by atoms with van der Waals surface area (Å²) in [7, 11) is 0. The summed E-state index contributed by atoms with van der Waals surface area (Å²) in [5, 5.41) is 4.98. The molecule has 5 heteroatoms. The van der Waals surface area contributed by atoms with Crippen LogP contribution in [0.2, 0.25) is 0 Å². The lowest BCUT2D eigenvalue weighted by molar-refractivity contribution is 0.0311. The molecule has 0 saturated heterocycles. The number of hydrogen-bond acceptors (Lipinski definition) is 3. The normalized spacial score (nSPS) is 26.0. The first-order valence-corrected chi connectivity index (χ1v) is 11.1. The van der Waals surface area contributed by atoms with Crippen molar-refractivity contribution >= 4 is 11.9 Å². The van der Waals surface area contributed by atoms with E-state index in [0.717, 1.165) is 30.2 Å². The fourth-order valence-corrected chi connectivity index (χ4v) is 6.01. The second-order valence-electron chi connectivity index (χ2n) is 8.76. The number of carbonyl (C=O) groups excluding carboxylic acids is 1. The SMILES string of the molecule is CCc1nc2n(n1)C1(CCCCC1)C1CCCCC1N2C(=O)c1ccccc1. The average Bonchev–Trinajstić information content (AvgIpc) is 3.20. The quantitative estimate of drug-likeness (QED) is 0.760. The minimum atomic E-state index is 0.0621. The zero-order chi connectivity index (χ0) is 19.1. The lowest BCUT2D eigenvalue weighted by atomic mass is 9.64. The topological polar surface area (TPSA) is 51.0 Å².